The molecule has 8 nitrogen and oxygen atoms in total. The Kier molecular flexibility index (Phi) is 11.0. The molecule has 46 heavy (non-hydrogen) atoms. The molecule has 0 saturated carbocycles. The fraction of sp³-hybridized carbons (Fsp3) is 0.257. The van der Waals surface area contributed by atoms with Crippen molar-refractivity contribution in [1.29, 1.82) is 0 Å². The summed E-state index contributed by atoms with van der Waals surface area (Å²) in [7, 11) is -4.23. The fourth-order valence-corrected chi connectivity index (χ4v) is 6.30. The highest BCUT2D eigenvalue weighted by Crippen LogP contribution is 2.29. The first-order chi connectivity index (χ1) is 21.6. The Balaban J connectivity index is 1.72. The third-order valence-electron chi connectivity index (χ3n) is 6.99. The molecule has 0 heterocycles. The van der Waals surface area contributed by atoms with Crippen LogP contribution in [0.25, 0.3) is 0 Å². The first kappa shape index (κ1) is 34.8. The van der Waals surface area contributed by atoms with E-state index in [-0.39, 0.29) is 17.1 Å². The zero-order chi connectivity index (χ0) is 33.6. The van der Waals surface area contributed by atoms with Crippen LogP contribution in [0, 0.1) is 6.92 Å². The maximum Gasteiger partial charge on any atom is 0.264 e. The van der Waals surface area contributed by atoms with E-state index in [2.05, 4.69) is 5.32 Å². The Labute approximate surface area is 280 Å². The average molecular weight is 683 g/mol. The lowest BCUT2D eigenvalue weighted by atomic mass is 10.1. The van der Waals surface area contributed by atoms with Gasteiger partial charge < -0.3 is 15.0 Å². The molecule has 0 bridgehead atoms. The van der Waals surface area contributed by atoms with Crippen molar-refractivity contribution in [3.8, 4) is 11.5 Å². The standard InChI is InChI=1S/C35H37Cl2N3O5S/c1-24-11-18-30(19-12-24)46(43,44)40(27-14-16-29(17-15-27)45-28-9-7-6-8-10-28)23-33(41)39(25(2)34(42)38-35(3,4)5)22-26-13-20-31(36)32(37)21-26/h6-21,25H,22-23H2,1-5H3,(H,38,42)/t25-/m1/s1. The van der Waals surface area contributed by atoms with E-state index in [1.807, 2.05) is 45.9 Å². The first-order valence-electron chi connectivity index (χ1n) is 14.6. The van der Waals surface area contributed by atoms with E-state index in [9.17, 15) is 18.0 Å². The molecule has 2 amide bonds. The van der Waals surface area contributed by atoms with E-state index < -0.39 is 40.0 Å². The number of benzene rings is 4. The van der Waals surface area contributed by atoms with E-state index >= 15 is 0 Å². The number of carbonyl (C=O) groups is 2. The molecule has 1 atom stereocenters. The number of aryl methyl sites for hydroxylation is 1. The molecule has 242 valence electrons. The number of para-hydroxylation sites is 1. The summed E-state index contributed by atoms with van der Waals surface area (Å²) in [5.41, 5.74) is 1.19. The molecule has 0 saturated heterocycles. The summed E-state index contributed by atoms with van der Waals surface area (Å²) in [5, 5.41) is 3.54. The molecule has 0 unspecified atom stereocenters. The monoisotopic (exact) mass is 681 g/mol. The van der Waals surface area contributed by atoms with Crippen LogP contribution in [0.2, 0.25) is 10.0 Å². The van der Waals surface area contributed by atoms with Gasteiger partial charge in [-0.15, -0.1) is 0 Å². The van der Waals surface area contributed by atoms with Crippen molar-refractivity contribution < 1.29 is 22.7 Å². The molecular weight excluding hydrogens is 645 g/mol. The van der Waals surface area contributed by atoms with Gasteiger partial charge in [0.15, 0.2) is 0 Å². The van der Waals surface area contributed by atoms with Gasteiger partial charge in [0.1, 0.15) is 24.1 Å². The predicted octanol–water partition coefficient (Wildman–Crippen LogP) is 7.62. The first-order valence-corrected chi connectivity index (χ1v) is 16.8. The van der Waals surface area contributed by atoms with E-state index in [0.717, 1.165) is 9.87 Å². The van der Waals surface area contributed by atoms with Crippen molar-refractivity contribution in [2.45, 2.75) is 57.6 Å². The fourth-order valence-electron chi connectivity index (χ4n) is 4.56. The van der Waals surface area contributed by atoms with Gasteiger partial charge in [0, 0.05) is 12.1 Å². The average Bonchev–Trinajstić information content (AvgIpc) is 3.00. The zero-order valence-electron chi connectivity index (χ0n) is 26.3. The molecule has 0 aliphatic carbocycles. The molecule has 0 aliphatic heterocycles. The summed E-state index contributed by atoms with van der Waals surface area (Å²) in [4.78, 5) is 28.9. The Morgan fingerprint density at radius 2 is 1.46 bits per heavy atom. The Morgan fingerprint density at radius 3 is 2.04 bits per heavy atom. The molecule has 1 N–H and O–H groups in total. The lowest BCUT2D eigenvalue weighted by Gasteiger charge is -2.33. The maximum atomic E-state index is 14.2. The maximum absolute atomic E-state index is 14.2. The highest BCUT2D eigenvalue weighted by Gasteiger charge is 2.33. The van der Waals surface area contributed by atoms with E-state index in [0.29, 0.717) is 27.1 Å². The molecule has 0 spiro atoms. The zero-order valence-corrected chi connectivity index (χ0v) is 28.7. The van der Waals surface area contributed by atoms with Gasteiger partial charge in [-0.2, -0.15) is 0 Å². The second-order valence-corrected chi connectivity index (χ2v) is 14.6. The molecule has 0 fully saturated rings. The topological polar surface area (TPSA) is 96.0 Å². The summed E-state index contributed by atoms with van der Waals surface area (Å²) in [6, 6.07) is 26.0. The SMILES string of the molecule is Cc1ccc(S(=O)(=O)N(CC(=O)N(Cc2ccc(Cl)c(Cl)c2)[C@H](C)C(=O)NC(C)(C)C)c2ccc(Oc3ccccc3)cc2)cc1. The molecule has 4 aromatic rings. The summed E-state index contributed by atoms with van der Waals surface area (Å²) in [5.74, 6) is 0.122. The third kappa shape index (κ3) is 9.02. The number of sulfonamides is 1. The number of nitrogens with zero attached hydrogens (tertiary/aromatic N) is 2. The lowest BCUT2D eigenvalue weighted by molar-refractivity contribution is -0.140. The quantitative estimate of drug-likeness (QED) is 0.176. The third-order valence-corrected chi connectivity index (χ3v) is 9.52. The van der Waals surface area contributed by atoms with E-state index in [4.69, 9.17) is 27.9 Å². The van der Waals surface area contributed by atoms with E-state index in [1.54, 1.807) is 73.7 Å². The van der Waals surface area contributed by atoms with Crippen LogP contribution in [-0.4, -0.2) is 43.3 Å². The van der Waals surface area contributed by atoms with Crippen LogP contribution in [0.1, 0.15) is 38.8 Å². The Bertz CT molecular complexity index is 1780. The van der Waals surface area contributed by atoms with Crippen molar-refractivity contribution in [3.05, 3.63) is 118 Å². The number of halogens is 2. The normalized spacial score (nSPS) is 12.2. The number of rotatable bonds is 11. The van der Waals surface area contributed by atoms with Gasteiger partial charge in [0.05, 0.1) is 20.6 Å². The number of carbonyl (C=O) groups excluding carboxylic acids is 2. The predicted molar refractivity (Wildman–Crippen MR) is 183 cm³/mol. The molecule has 0 radical (unpaired) electrons. The molecule has 11 heteroatoms. The number of ether oxygens (including phenoxy) is 1. The van der Waals surface area contributed by atoms with Crippen LogP contribution >= 0.6 is 23.2 Å². The summed E-state index contributed by atoms with van der Waals surface area (Å²) < 4.78 is 35.2. The molecular formula is C35H37Cl2N3O5S. The van der Waals surface area contributed by atoms with Gasteiger partial charge in [0.2, 0.25) is 11.8 Å². The number of hydrogen-bond donors (Lipinski definition) is 1. The second-order valence-electron chi connectivity index (χ2n) is 11.9. The van der Waals surface area contributed by atoms with Crippen LogP contribution in [0.5, 0.6) is 11.5 Å². The highest BCUT2D eigenvalue weighted by molar-refractivity contribution is 7.92. The van der Waals surface area contributed by atoms with Crippen LogP contribution < -0.4 is 14.4 Å². The van der Waals surface area contributed by atoms with Crippen molar-refractivity contribution in [2.24, 2.45) is 0 Å². The van der Waals surface area contributed by atoms with Gasteiger partial charge in [-0.3, -0.25) is 13.9 Å². The number of anilines is 1. The summed E-state index contributed by atoms with van der Waals surface area (Å²) in [6.07, 6.45) is 0. The van der Waals surface area contributed by atoms with Crippen LogP contribution in [0.15, 0.2) is 102 Å². The van der Waals surface area contributed by atoms with Crippen molar-refractivity contribution >= 4 is 50.7 Å². The number of amides is 2. The van der Waals surface area contributed by atoms with Crippen LogP contribution in [0.4, 0.5) is 5.69 Å². The Hall–Kier alpha value is -4.05. The van der Waals surface area contributed by atoms with Gasteiger partial charge in [-0.05, 0) is 101 Å². The minimum atomic E-state index is -4.23. The molecule has 0 aliphatic rings. The van der Waals surface area contributed by atoms with Crippen molar-refractivity contribution in [2.75, 3.05) is 10.8 Å². The second kappa shape index (κ2) is 14.6. The minimum Gasteiger partial charge on any atom is -0.457 e. The summed E-state index contributed by atoms with van der Waals surface area (Å²) >= 11 is 12.4. The Morgan fingerprint density at radius 1 is 0.848 bits per heavy atom. The minimum absolute atomic E-state index is 0.0171. The highest BCUT2D eigenvalue weighted by atomic mass is 35.5. The van der Waals surface area contributed by atoms with E-state index in [1.165, 1.54) is 17.0 Å². The number of nitrogens with one attached hydrogen (secondary N) is 1. The van der Waals surface area contributed by atoms with Crippen LogP contribution in [0.3, 0.4) is 0 Å². The van der Waals surface area contributed by atoms with Crippen molar-refractivity contribution in [3.63, 3.8) is 0 Å². The molecule has 4 aromatic carbocycles. The lowest BCUT2D eigenvalue weighted by Crippen LogP contribution is -2.54. The largest absolute Gasteiger partial charge is 0.457 e. The van der Waals surface area contributed by atoms with Gasteiger partial charge in [-0.25, -0.2) is 8.42 Å². The number of hydrogen-bond acceptors (Lipinski definition) is 5. The van der Waals surface area contributed by atoms with Gasteiger partial charge in [0.25, 0.3) is 10.0 Å². The van der Waals surface area contributed by atoms with Gasteiger partial charge >= 0.3 is 0 Å². The van der Waals surface area contributed by atoms with Crippen molar-refractivity contribution in [1.82, 2.24) is 10.2 Å². The van der Waals surface area contributed by atoms with Crippen LogP contribution in [-0.2, 0) is 26.2 Å². The van der Waals surface area contributed by atoms with Gasteiger partial charge in [-0.1, -0.05) is 65.2 Å². The molecule has 0 aromatic heterocycles. The smallest absolute Gasteiger partial charge is 0.264 e. The molecule has 4 rings (SSSR count). The summed E-state index contributed by atoms with van der Waals surface area (Å²) in [6.45, 7) is 8.37.